The Morgan fingerprint density at radius 3 is 1.02 bits per heavy atom. The molecule has 0 bridgehead atoms. The fourth-order valence-corrected chi connectivity index (χ4v) is 39.6. The minimum atomic E-state index is -2.32. The molecule has 3 saturated heterocycles. The standard InChI is InChI=1S/C40H46N4O5Si.C34H40N2O4Si.C25H38N2Si.C9H6O5/c1-5-42(6-2)28-13-16-31-34(25-28)50(22-10-9-11-23-50)35-26-29(43(7-3)8-4)14-17-32(35)40(31)33-24-27(12-15-30(33)39(48)49-40)38(47)41-20-21-44-36(45)18-19-37(44)46;1-5-35(6-2)24-13-16-27-30(21-24)41(18-10-9-11-19-41)31-22-25(36(7-3)8-4)14-17-28(31)34(27)29-20-23(32(37)38)12-15-26(29)33(39)40-34;1-5-26(6-2)22-14-12-16-24(20-22)28(18-10-9-11-19-28)25-17-13-15-23(21-25)27(7-3)8-4;10-7(11)4-1-2-5-6(3-4)9(13)14-8(5)12/h12-19,24-26H,5-11,20-23H2,1-4H3,(H,41,47);12-17,20-22H,5-11,18-19H2,1-4H3,(H,37,38);12-17,20-21H,5-11,18-19H2,1-4H3;1-3,9,13H,(H,10,11). The molecule has 0 radical (unpaired) electrons. The molecule has 133 heavy (non-hydrogen) atoms. The predicted molar refractivity (Wildman–Crippen MR) is 538 cm³/mol. The second-order valence-electron chi connectivity index (χ2n) is 36.2. The van der Waals surface area contributed by atoms with E-state index < -0.39 is 71.6 Å². The number of fused-ring (bicyclic) bond motifs is 17. The van der Waals surface area contributed by atoms with Crippen molar-refractivity contribution in [3.8, 4) is 0 Å². The number of carbonyl (C=O) groups is 8. The van der Waals surface area contributed by atoms with Crippen LogP contribution in [-0.2, 0) is 35.0 Å². The molecule has 1 unspecified atom stereocenters. The van der Waals surface area contributed by atoms with Crippen LogP contribution in [0.15, 0.2) is 188 Å². The number of hydrogen-bond acceptors (Lipinski definition) is 18. The lowest BCUT2D eigenvalue weighted by Crippen LogP contribution is -2.67. The molecule has 3 fully saturated rings. The SMILES string of the molecule is CCN(CC)c1ccc2c(c1)[Si]1(CCCCC1)c1cc(N(CC)CC)ccc1C21OC(=O)c2ccc(C(=O)NCCN3C(=O)C=CC3=O)cc21.CCN(CC)c1ccc2c(c1)[Si]1(CCCCC1)c1cc(N(CC)CC)ccc1C21OC(=O)c2ccc(C(=O)O)cc21.CCN(CC)c1cccc([Si]2(c3cccc(N(CC)CC)c3)CCCCC2)c1.O=C(O)c1ccc2c(c1)C(O)OC2=O. The van der Waals surface area contributed by atoms with Crippen molar-refractivity contribution in [1.29, 1.82) is 0 Å². The van der Waals surface area contributed by atoms with Crippen molar-refractivity contribution in [2.75, 3.05) is 121 Å². The van der Waals surface area contributed by atoms with Gasteiger partial charge in [0.25, 0.3) is 17.7 Å². The number of imide groups is 1. The van der Waals surface area contributed by atoms with E-state index in [0.29, 0.717) is 27.8 Å². The van der Waals surface area contributed by atoms with E-state index in [4.69, 9.17) is 14.6 Å². The third-order valence-electron chi connectivity index (χ3n) is 30.0. The third-order valence-corrected chi connectivity index (χ3v) is 45.9. The molecule has 0 aromatic heterocycles. The molecule has 0 aliphatic carbocycles. The number of carboxylic acids is 2. The molecule has 25 heteroatoms. The van der Waals surface area contributed by atoms with Crippen LogP contribution in [0.4, 0.5) is 34.1 Å². The number of aromatic carboxylic acids is 2. The summed E-state index contributed by atoms with van der Waals surface area (Å²) in [7, 11) is -6.26. The number of nitrogens with zero attached hydrogens (tertiary/aromatic N) is 7. The van der Waals surface area contributed by atoms with Gasteiger partial charge in [0.2, 0.25) is 6.29 Å². The highest BCUT2D eigenvalue weighted by Gasteiger charge is 2.61. The van der Waals surface area contributed by atoms with Crippen LogP contribution in [0.1, 0.15) is 248 Å². The summed E-state index contributed by atoms with van der Waals surface area (Å²) in [5.41, 5.74) is 12.5. The van der Waals surface area contributed by atoms with Crippen molar-refractivity contribution in [2.45, 2.75) is 195 Å². The van der Waals surface area contributed by atoms with Gasteiger partial charge in [0.05, 0.1) is 27.8 Å². The maximum absolute atomic E-state index is 13.9. The van der Waals surface area contributed by atoms with Gasteiger partial charge in [-0.25, -0.2) is 24.0 Å². The molecular weight excluding hydrogens is 1720 g/mol. The van der Waals surface area contributed by atoms with Gasteiger partial charge >= 0.3 is 29.8 Å². The van der Waals surface area contributed by atoms with Gasteiger partial charge in [-0.05, 0) is 267 Å². The Morgan fingerprint density at radius 2 is 0.677 bits per heavy atom. The predicted octanol–water partition coefficient (Wildman–Crippen LogP) is 15.8. The summed E-state index contributed by atoms with van der Waals surface area (Å²) in [6, 6.07) is 67.5. The molecule has 1 atom stereocenters. The number of aliphatic hydroxyl groups is 1. The van der Waals surface area contributed by atoms with Gasteiger partial charge in [-0.3, -0.25) is 19.3 Å². The number of nitrogens with one attached hydrogen (secondary N) is 1. The highest BCUT2D eigenvalue weighted by molar-refractivity contribution is 7.04. The number of anilines is 6. The number of rotatable bonds is 26. The van der Waals surface area contributed by atoms with Crippen LogP contribution in [-0.4, -0.2) is 184 Å². The second-order valence-corrected chi connectivity index (χ2v) is 49.0. The van der Waals surface area contributed by atoms with E-state index in [0.717, 1.165) is 118 Å². The van der Waals surface area contributed by atoms with Crippen LogP contribution >= 0.6 is 0 Å². The Hall–Kier alpha value is -11.9. The average Bonchev–Trinajstić information content (AvgIpc) is 1.60. The molecule has 9 aliphatic heterocycles. The minimum Gasteiger partial charge on any atom is -0.478 e. The first kappa shape index (κ1) is 95.7. The lowest BCUT2D eigenvalue weighted by molar-refractivity contribution is -0.136. The zero-order chi connectivity index (χ0) is 94.4. The molecule has 4 spiro atoms. The van der Waals surface area contributed by atoms with E-state index >= 15 is 0 Å². The molecule has 698 valence electrons. The largest absolute Gasteiger partial charge is 0.478 e. The number of aliphatic hydroxyl groups excluding tert-OH is 1. The van der Waals surface area contributed by atoms with Crippen molar-refractivity contribution in [3.63, 3.8) is 0 Å². The van der Waals surface area contributed by atoms with Gasteiger partial charge in [-0.1, -0.05) is 117 Å². The molecular formula is C108H130N8O14Si3. The fourth-order valence-electron chi connectivity index (χ4n) is 23.1. The molecule has 3 amide bonds. The molecule has 9 aromatic carbocycles. The molecule has 9 aromatic rings. The van der Waals surface area contributed by atoms with Crippen LogP contribution in [0, 0.1) is 0 Å². The lowest BCUT2D eigenvalue weighted by atomic mass is 9.78. The third kappa shape index (κ3) is 17.4. The maximum atomic E-state index is 13.9. The summed E-state index contributed by atoms with van der Waals surface area (Å²) in [5, 5.41) is 39.4. The highest BCUT2D eigenvalue weighted by Crippen LogP contribution is 2.54. The van der Waals surface area contributed by atoms with E-state index in [-0.39, 0.29) is 53.1 Å². The number of benzene rings is 9. The van der Waals surface area contributed by atoms with Crippen molar-refractivity contribution in [2.24, 2.45) is 0 Å². The lowest BCUT2D eigenvalue weighted by Gasteiger charge is -2.48. The van der Waals surface area contributed by atoms with Crippen LogP contribution in [0.2, 0.25) is 36.3 Å². The number of cyclic esters (lactones) is 1. The van der Waals surface area contributed by atoms with Crippen molar-refractivity contribution < 1.29 is 67.9 Å². The number of hydrogen-bond donors (Lipinski definition) is 4. The normalized spacial score (nSPS) is 17.5. The first-order valence-electron chi connectivity index (χ1n) is 48.7. The van der Waals surface area contributed by atoms with Gasteiger partial charge < -0.3 is 64.2 Å². The fraction of sp³-hybridized carbons (Fsp3) is 0.407. The molecule has 9 aliphatic rings. The number of carboxylic acid groups (broad SMARTS) is 2. The summed E-state index contributed by atoms with van der Waals surface area (Å²) >= 11 is 0. The number of esters is 3. The Bertz CT molecular complexity index is 5720. The number of carbonyl (C=O) groups excluding carboxylic acids is 6. The highest BCUT2D eigenvalue weighted by atomic mass is 28.3. The summed E-state index contributed by atoms with van der Waals surface area (Å²) in [5.74, 6) is -4.67. The van der Waals surface area contributed by atoms with Crippen LogP contribution in [0.3, 0.4) is 0 Å². The van der Waals surface area contributed by atoms with Gasteiger partial charge in [0.1, 0.15) is 24.2 Å². The van der Waals surface area contributed by atoms with E-state index in [2.05, 4.69) is 244 Å². The molecule has 0 saturated carbocycles. The topological polar surface area (TPSA) is 260 Å². The van der Waals surface area contributed by atoms with Crippen LogP contribution in [0.5, 0.6) is 0 Å². The van der Waals surface area contributed by atoms with Crippen molar-refractivity contribution in [3.05, 3.63) is 260 Å². The second kappa shape index (κ2) is 40.5. The zero-order valence-electron chi connectivity index (χ0n) is 79.4. The van der Waals surface area contributed by atoms with Gasteiger partial charge in [-0.2, -0.15) is 0 Å². The average molecular weight is 1850 g/mol. The van der Waals surface area contributed by atoms with E-state index in [1.165, 1.54) is 173 Å². The first-order valence-corrected chi connectivity index (χ1v) is 56.0. The molecule has 4 N–H and O–H groups in total. The van der Waals surface area contributed by atoms with Crippen LogP contribution in [0.25, 0.3) is 0 Å². The zero-order valence-corrected chi connectivity index (χ0v) is 82.4. The first-order chi connectivity index (χ1) is 64.3. The summed E-state index contributed by atoms with van der Waals surface area (Å²) < 4.78 is 17.7. The Labute approximate surface area is 786 Å². The molecule has 9 heterocycles. The summed E-state index contributed by atoms with van der Waals surface area (Å²) in [6.45, 7) is 38.2. The van der Waals surface area contributed by atoms with Crippen molar-refractivity contribution >= 4 is 137 Å². The van der Waals surface area contributed by atoms with Crippen molar-refractivity contribution in [1.82, 2.24) is 10.2 Å². The number of ether oxygens (including phenoxy) is 3. The molecule has 22 nitrogen and oxygen atoms in total. The van der Waals surface area contributed by atoms with E-state index in [1.807, 2.05) is 6.07 Å². The Morgan fingerprint density at radius 1 is 0.361 bits per heavy atom. The minimum absolute atomic E-state index is 0.0149. The van der Waals surface area contributed by atoms with Crippen LogP contribution < -0.4 is 65.8 Å². The Kier molecular flexibility index (Phi) is 29.1. The summed E-state index contributed by atoms with van der Waals surface area (Å²) in [6.07, 6.45) is 12.5. The van der Waals surface area contributed by atoms with Gasteiger partial charge in [0, 0.05) is 182 Å². The quantitative estimate of drug-likeness (QED) is 0.0170. The van der Waals surface area contributed by atoms with E-state index in [9.17, 15) is 48.6 Å². The summed E-state index contributed by atoms with van der Waals surface area (Å²) in [4.78, 5) is 114. The molecule has 18 rings (SSSR count). The van der Waals surface area contributed by atoms with Gasteiger partial charge in [0.15, 0.2) is 11.2 Å². The number of amides is 3. The van der Waals surface area contributed by atoms with E-state index in [1.54, 1.807) is 34.6 Å². The maximum Gasteiger partial charge on any atom is 0.341 e. The van der Waals surface area contributed by atoms with Gasteiger partial charge in [-0.15, -0.1) is 0 Å². The smallest absolute Gasteiger partial charge is 0.341 e. The Balaban J connectivity index is 0.000000146. The monoisotopic (exact) mass is 1850 g/mol.